The smallest absolute Gasteiger partial charge is 0.0755 e. The molecule has 1 aliphatic heterocycles. The van der Waals surface area contributed by atoms with Crippen molar-refractivity contribution in [1.82, 2.24) is 9.13 Å². The van der Waals surface area contributed by atoms with E-state index >= 15 is 0 Å². The average Bonchev–Trinajstić information content (AvgIpc) is 1.54. The van der Waals surface area contributed by atoms with Crippen molar-refractivity contribution >= 4 is 71.4 Å². The lowest BCUT2D eigenvalue weighted by Crippen LogP contribution is -2.33. The molecular formula is C84H53N3. The minimum Gasteiger partial charge on any atom is -0.310 e. The van der Waals surface area contributed by atoms with Gasteiger partial charge in [0.15, 0.2) is 0 Å². The highest BCUT2D eigenvalue weighted by atomic mass is 15.1. The van der Waals surface area contributed by atoms with Crippen LogP contribution in [0.5, 0.6) is 0 Å². The highest BCUT2D eigenvalue weighted by molar-refractivity contribution is 6.14. The average molecular weight is 1100 g/mol. The lowest BCUT2D eigenvalue weighted by molar-refractivity contribution is 0.748. The van der Waals surface area contributed by atoms with Gasteiger partial charge in [-0.15, -0.1) is 0 Å². The molecule has 3 nitrogen and oxygen atoms in total. The van der Waals surface area contributed by atoms with Gasteiger partial charge in [-0.05, 0) is 156 Å². The molecule has 0 saturated carbocycles. The van der Waals surface area contributed by atoms with Crippen molar-refractivity contribution in [1.29, 1.82) is 0 Å². The summed E-state index contributed by atoms with van der Waals surface area (Å²) < 4.78 is 4.93. The highest BCUT2D eigenvalue weighted by Gasteiger charge is 2.52. The first-order valence-electron chi connectivity index (χ1n) is 30.3. The zero-order valence-corrected chi connectivity index (χ0v) is 47.4. The molecule has 16 aromatic rings. The van der Waals surface area contributed by atoms with E-state index in [1.165, 1.54) is 132 Å². The molecule has 3 heteroatoms. The molecule has 2 aromatic heterocycles. The Bertz CT molecular complexity index is 5480. The van der Waals surface area contributed by atoms with Crippen molar-refractivity contribution < 1.29 is 0 Å². The zero-order valence-electron chi connectivity index (χ0n) is 47.4. The number of anilines is 3. The molecule has 14 aromatic carbocycles. The number of nitrogens with zero attached hydrogens (tertiary/aromatic N) is 3. The minimum atomic E-state index is -0.636. The molecule has 1 atom stereocenters. The molecule has 3 heterocycles. The van der Waals surface area contributed by atoms with Crippen molar-refractivity contribution in [2.45, 2.75) is 10.8 Å². The van der Waals surface area contributed by atoms with E-state index < -0.39 is 10.8 Å². The third kappa shape index (κ3) is 6.39. The lowest BCUT2D eigenvalue weighted by atomic mass is 9.65. The molecule has 0 bridgehead atoms. The number of fused-ring (bicyclic) bond motifs is 20. The summed E-state index contributed by atoms with van der Waals surface area (Å²) in [6.07, 6.45) is 0. The number of para-hydroxylation sites is 5. The van der Waals surface area contributed by atoms with Crippen LogP contribution in [0.15, 0.2) is 322 Å². The van der Waals surface area contributed by atoms with E-state index in [1.54, 1.807) is 0 Å². The molecule has 404 valence electrons. The summed E-state index contributed by atoms with van der Waals surface area (Å²) in [6.45, 7) is 0. The van der Waals surface area contributed by atoms with Crippen LogP contribution >= 0.6 is 0 Å². The van der Waals surface area contributed by atoms with E-state index in [0.29, 0.717) is 0 Å². The van der Waals surface area contributed by atoms with Gasteiger partial charge in [0.1, 0.15) is 0 Å². The largest absolute Gasteiger partial charge is 0.310 e. The number of hydrogen-bond donors (Lipinski definition) is 0. The summed E-state index contributed by atoms with van der Waals surface area (Å²) in [5, 5.41) is 7.51. The van der Waals surface area contributed by atoms with Gasteiger partial charge >= 0.3 is 0 Å². The molecule has 0 saturated heterocycles. The molecule has 1 unspecified atom stereocenters. The maximum absolute atomic E-state index is 2.57. The molecule has 0 radical (unpaired) electrons. The van der Waals surface area contributed by atoms with Crippen LogP contribution in [0.4, 0.5) is 17.1 Å². The SMILES string of the molecule is c1ccc(-n2c3ccccc3c3cc(-c4ccc(N(c5ccc6c(c5)C(c5ccccc5)(c5ccccc5)c5ccc7ccccc7c5-6)c5cccc6c5-c5ccccc5C65c6ccccc6-n6c7ccccc7c7cccc5c76)cc4)ccc32)cc1. The number of aromatic nitrogens is 2. The van der Waals surface area contributed by atoms with Crippen LogP contribution in [0.2, 0.25) is 0 Å². The van der Waals surface area contributed by atoms with Crippen LogP contribution in [0.3, 0.4) is 0 Å². The normalized spacial score (nSPS) is 14.8. The van der Waals surface area contributed by atoms with Crippen LogP contribution in [0.25, 0.3) is 99.1 Å². The molecule has 19 rings (SSSR count). The van der Waals surface area contributed by atoms with Crippen LogP contribution in [0.1, 0.15) is 44.5 Å². The lowest BCUT2D eigenvalue weighted by Gasteiger charge is -2.39. The third-order valence-electron chi connectivity index (χ3n) is 19.8. The second kappa shape index (κ2) is 18.1. The predicted octanol–water partition coefficient (Wildman–Crippen LogP) is 21.2. The quantitative estimate of drug-likeness (QED) is 0.155. The summed E-state index contributed by atoms with van der Waals surface area (Å²) >= 11 is 0. The Morgan fingerprint density at radius 1 is 0.276 bits per heavy atom. The zero-order chi connectivity index (χ0) is 57.0. The fraction of sp³-hybridized carbons (Fsp3) is 0.0238. The Labute approximate surface area is 504 Å². The number of hydrogen-bond acceptors (Lipinski definition) is 1. The molecule has 1 spiro atoms. The minimum absolute atomic E-state index is 0.628. The Hall–Kier alpha value is -11.3. The van der Waals surface area contributed by atoms with E-state index in [9.17, 15) is 0 Å². The van der Waals surface area contributed by atoms with Crippen LogP contribution < -0.4 is 4.90 Å². The Morgan fingerprint density at radius 2 is 0.828 bits per heavy atom. The predicted molar refractivity (Wildman–Crippen MR) is 361 cm³/mol. The van der Waals surface area contributed by atoms with Crippen molar-refractivity contribution in [3.8, 4) is 44.8 Å². The molecule has 0 fully saturated rings. The Morgan fingerprint density at radius 3 is 1.61 bits per heavy atom. The fourth-order valence-corrected chi connectivity index (χ4v) is 16.4. The van der Waals surface area contributed by atoms with Gasteiger partial charge in [-0.2, -0.15) is 0 Å². The molecule has 87 heavy (non-hydrogen) atoms. The van der Waals surface area contributed by atoms with E-state index in [2.05, 4.69) is 336 Å². The first-order chi connectivity index (χ1) is 43.2. The summed E-state index contributed by atoms with van der Waals surface area (Å²) in [5.74, 6) is 0. The third-order valence-corrected chi connectivity index (χ3v) is 19.8. The van der Waals surface area contributed by atoms with Crippen LogP contribution in [0, 0.1) is 0 Å². The second-order valence-electron chi connectivity index (χ2n) is 23.8. The monoisotopic (exact) mass is 1100 g/mol. The van der Waals surface area contributed by atoms with Gasteiger partial charge < -0.3 is 14.0 Å². The van der Waals surface area contributed by atoms with Gasteiger partial charge in [-0.3, -0.25) is 0 Å². The maximum Gasteiger partial charge on any atom is 0.0755 e. The maximum atomic E-state index is 2.57. The van der Waals surface area contributed by atoms with E-state index in [-0.39, 0.29) is 0 Å². The molecule has 3 aliphatic rings. The molecule has 0 N–H and O–H groups in total. The molecule has 2 aliphatic carbocycles. The topological polar surface area (TPSA) is 13.1 Å². The summed E-state index contributed by atoms with van der Waals surface area (Å²) in [5.41, 5.74) is 26.8. The van der Waals surface area contributed by atoms with Crippen molar-refractivity contribution in [2.24, 2.45) is 0 Å². The van der Waals surface area contributed by atoms with Gasteiger partial charge in [0.25, 0.3) is 0 Å². The summed E-state index contributed by atoms with van der Waals surface area (Å²) in [4.78, 5) is 2.57. The van der Waals surface area contributed by atoms with Crippen molar-refractivity contribution in [2.75, 3.05) is 4.90 Å². The van der Waals surface area contributed by atoms with Crippen molar-refractivity contribution in [3.63, 3.8) is 0 Å². The second-order valence-corrected chi connectivity index (χ2v) is 23.8. The molecule has 0 amide bonds. The molecular weight excluding hydrogens is 1050 g/mol. The first-order valence-corrected chi connectivity index (χ1v) is 30.3. The van der Waals surface area contributed by atoms with Crippen LogP contribution in [-0.4, -0.2) is 9.13 Å². The van der Waals surface area contributed by atoms with Gasteiger partial charge in [-0.1, -0.05) is 249 Å². The van der Waals surface area contributed by atoms with Gasteiger partial charge in [0.05, 0.1) is 44.3 Å². The Balaban J connectivity index is 0.877. The van der Waals surface area contributed by atoms with Gasteiger partial charge in [0.2, 0.25) is 0 Å². The van der Waals surface area contributed by atoms with E-state index in [0.717, 1.165) is 28.3 Å². The van der Waals surface area contributed by atoms with E-state index in [4.69, 9.17) is 0 Å². The fourth-order valence-electron chi connectivity index (χ4n) is 16.4. The summed E-state index contributed by atoms with van der Waals surface area (Å²) in [6, 6.07) is 121. The Kier molecular flexibility index (Phi) is 10.0. The van der Waals surface area contributed by atoms with Gasteiger partial charge in [-0.25, -0.2) is 0 Å². The highest BCUT2D eigenvalue weighted by Crippen LogP contribution is 2.64. The van der Waals surface area contributed by atoms with Gasteiger partial charge in [0, 0.05) is 44.2 Å². The standard InChI is InChI=1S/C84H53N3/c1-4-23-57(24-5-1)83(58-25-6-2-7-26-58)72-50-44-55-22-10-11-29-62(55)80(72)67-49-48-61(53-74(67)83)85(60-46-42-54(43-47-60)56-45-51-77-68(52-56)64-31-14-17-38-75(64)86(77)59-27-8-3-9-28-59)79-41-21-36-71-81(79)66-32-12-15-34-69(66)84(71)70-35-16-19-40-78(70)87-76-39-18-13-30-63(76)65-33-20-37-73(84)82(65)87/h1-53H. The number of rotatable bonds is 7. The van der Waals surface area contributed by atoms with Crippen LogP contribution in [-0.2, 0) is 10.8 Å². The number of benzene rings is 14. The van der Waals surface area contributed by atoms with E-state index in [1.807, 2.05) is 0 Å². The van der Waals surface area contributed by atoms with Crippen molar-refractivity contribution in [3.05, 3.63) is 366 Å². The summed E-state index contributed by atoms with van der Waals surface area (Å²) in [7, 11) is 0. The first kappa shape index (κ1) is 48.1.